The van der Waals surface area contributed by atoms with E-state index in [1.54, 1.807) is 12.2 Å². The summed E-state index contributed by atoms with van der Waals surface area (Å²) in [5.74, 6) is -0.355. The smallest absolute Gasteiger partial charge is 0.330 e. The Labute approximate surface area is 114 Å². The normalized spacial score (nSPS) is 12.0. The van der Waals surface area contributed by atoms with Gasteiger partial charge in [0.2, 0.25) is 0 Å². The molecule has 1 aromatic carbocycles. The van der Waals surface area contributed by atoms with E-state index in [-0.39, 0.29) is 5.97 Å². The van der Waals surface area contributed by atoms with Crippen molar-refractivity contribution in [2.75, 3.05) is 7.11 Å². The molecule has 0 unspecified atom stereocenters. The lowest BCUT2D eigenvalue weighted by molar-refractivity contribution is -0.134. The molecule has 98 valence electrons. The van der Waals surface area contributed by atoms with Crippen LogP contribution in [-0.4, -0.2) is 13.1 Å². The summed E-state index contributed by atoms with van der Waals surface area (Å²) < 4.78 is 4.54. The van der Waals surface area contributed by atoms with E-state index in [1.807, 2.05) is 49.4 Å². The minimum atomic E-state index is -0.355. The van der Waals surface area contributed by atoms with Crippen LogP contribution in [0.2, 0.25) is 0 Å². The zero-order chi connectivity index (χ0) is 14.1. The summed E-state index contributed by atoms with van der Waals surface area (Å²) in [5, 5.41) is 0. The number of methoxy groups -OCH3 is 1. The third-order valence-electron chi connectivity index (χ3n) is 2.58. The summed E-state index contributed by atoms with van der Waals surface area (Å²) in [6.07, 6.45) is 10.8. The van der Waals surface area contributed by atoms with Gasteiger partial charge in [0, 0.05) is 6.08 Å². The number of ether oxygens (including phenoxy) is 1. The van der Waals surface area contributed by atoms with Gasteiger partial charge in [-0.2, -0.15) is 0 Å². The molecule has 0 aliphatic heterocycles. The SMILES string of the molecule is C=C/C=C\C(=C/C)c1ccc(/C=C/C(=O)OC)cc1. The number of rotatable bonds is 5. The van der Waals surface area contributed by atoms with Crippen LogP contribution in [0.4, 0.5) is 0 Å². The third-order valence-corrected chi connectivity index (χ3v) is 2.58. The molecule has 0 N–H and O–H groups in total. The Morgan fingerprint density at radius 3 is 2.42 bits per heavy atom. The van der Waals surface area contributed by atoms with Crippen molar-refractivity contribution in [2.45, 2.75) is 6.92 Å². The second kappa shape index (κ2) is 7.88. The van der Waals surface area contributed by atoms with E-state index in [1.165, 1.54) is 13.2 Å². The molecule has 0 aliphatic rings. The maximum atomic E-state index is 11.0. The van der Waals surface area contributed by atoms with Crippen molar-refractivity contribution in [1.82, 2.24) is 0 Å². The average molecular weight is 254 g/mol. The van der Waals surface area contributed by atoms with Gasteiger partial charge >= 0.3 is 5.97 Å². The number of hydrogen-bond acceptors (Lipinski definition) is 2. The van der Waals surface area contributed by atoms with Crippen molar-refractivity contribution in [3.05, 3.63) is 72.4 Å². The molecule has 1 aromatic rings. The highest BCUT2D eigenvalue weighted by atomic mass is 16.5. The monoisotopic (exact) mass is 254 g/mol. The van der Waals surface area contributed by atoms with Gasteiger partial charge in [0.15, 0.2) is 0 Å². The summed E-state index contributed by atoms with van der Waals surface area (Å²) in [6, 6.07) is 7.94. The molecule has 0 fully saturated rings. The van der Waals surface area contributed by atoms with E-state index in [9.17, 15) is 4.79 Å². The fourth-order valence-electron chi connectivity index (χ4n) is 1.55. The van der Waals surface area contributed by atoms with Crippen LogP contribution in [0.15, 0.2) is 61.2 Å². The summed E-state index contributed by atoms with van der Waals surface area (Å²) in [6.45, 7) is 5.65. The van der Waals surface area contributed by atoms with Crippen LogP contribution >= 0.6 is 0 Å². The fourth-order valence-corrected chi connectivity index (χ4v) is 1.55. The van der Waals surface area contributed by atoms with Crippen LogP contribution in [-0.2, 0) is 9.53 Å². The van der Waals surface area contributed by atoms with Crippen LogP contribution in [0.5, 0.6) is 0 Å². The van der Waals surface area contributed by atoms with Crippen molar-refractivity contribution < 1.29 is 9.53 Å². The molecule has 0 amide bonds. The number of benzene rings is 1. The highest BCUT2D eigenvalue weighted by molar-refractivity contribution is 5.87. The maximum absolute atomic E-state index is 11.0. The Kier molecular flexibility index (Phi) is 6.10. The quantitative estimate of drug-likeness (QED) is 0.450. The van der Waals surface area contributed by atoms with Crippen molar-refractivity contribution >= 4 is 17.6 Å². The fraction of sp³-hybridized carbons (Fsp3) is 0.118. The number of hydrogen-bond donors (Lipinski definition) is 0. The zero-order valence-corrected chi connectivity index (χ0v) is 11.3. The molecule has 1 rings (SSSR count). The van der Waals surface area contributed by atoms with Gasteiger partial charge in [-0.25, -0.2) is 4.79 Å². The van der Waals surface area contributed by atoms with Gasteiger partial charge in [0.1, 0.15) is 0 Å². The first-order valence-electron chi connectivity index (χ1n) is 6.03. The first-order chi connectivity index (χ1) is 9.21. The van der Waals surface area contributed by atoms with E-state index in [0.29, 0.717) is 0 Å². The molecule has 0 saturated carbocycles. The van der Waals surface area contributed by atoms with E-state index < -0.39 is 0 Å². The largest absolute Gasteiger partial charge is 0.466 e. The van der Waals surface area contributed by atoms with Gasteiger partial charge in [-0.05, 0) is 29.7 Å². The summed E-state index contributed by atoms with van der Waals surface area (Å²) in [5.41, 5.74) is 3.21. The molecule has 0 aromatic heterocycles. The minimum Gasteiger partial charge on any atom is -0.466 e. The Hall–Kier alpha value is -2.35. The molecule has 0 aliphatic carbocycles. The number of carbonyl (C=O) groups excluding carboxylic acids is 1. The van der Waals surface area contributed by atoms with Crippen LogP contribution < -0.4 is 0 Å². The van der Waals surface area contributed by atoms with Crippen molar-refractivity contribution in [3.63, 3.8) is 0 Å². The molecule has 2 nitrogen and oxygen atoms in total. The molecular formula is C17H18O2. The van der Waals surface area contributed by atoms with Crippen LogP contribution in [0, 0.1) is 0 Å². The topological polar surface area (TPSA) is 26.3 Å². The summed E-state index contributed by atoms with van der Waals surface area (Å²) >= 11 is 0. The molecule has 19 heavy (non-hydrogen) atoms. The van der Waals surface area contributed by atoms with Crippen molar-refractivity contribution in [3.8, 4) is 0 Å². The second-order valence-electron chi connectivity index (χ2n) is 3.82. The van der Waals surface area contributed by atoms with Crippen LogP contribution in [0.25, 0.3) is 11.6 Å². The lowest BCUT2D eigenvalue weighted by atomic mass is 10.0. The lowest BCUT2D eigenvalue weighted by Gasteiger charge is -2.02. The first-order valence-corrected chi connectivity index (χ1v) is 6.03. The predicted octanol–water partition coefficient (Wildman–Crippen LogP) is 4.02. The molecule has 0 atom stereocenters. The Morgan fingerprint density at radius 1 is 1.21 bits per heavy atom. The van der Waals surface area contributed by atoms with Gasteiger partial charge in [0.25, 0.3) is 0 Å². The molecule has 0 saturated heterocycles. The first kappa shape index (κ1) is 14.7. The van der Waals surface area contributed by atoms with Gasteiger partial charge in [-0.1, -0.05) is 55.1 Å². The lowest BCUT2D eigenvalue weighted by Crippen LogP contribution is -1.93. The zero-order valence-electron chi connectivity index (χ0n) is 11.3. The Bertz CT molecular complexity index is 517. The molecule has 0 radical (unpaired) electrons. The molecule has 0 spiro atoms. The Balaban J connectivity index is 2.86. The standard InChI is InChI=1S/C17H18O2/c1-4-6-7-15(5-2)16-11-8-14(9-12-16)10-13-17(18)19-3/h4-13H,1H2,2-3H3/b7-6-,13-10+,15-5+. The number of esters is 1. The van der Waals surface area contributed by atoms with Crippen molar-refractivity contribution in [1.29, 1.82) is 0 Å². The Morgan fingerprint density at radius 2 is 1.89 bits per heavy atom. The van der Waals surface area contributed by atoms with Gasteiger partial charge in [0.05, 0.1) is 7.11 Å². The van der Waals surface area contributed by atoms with Gasteiger partial charge in [-0.15, -0.1) is 0 Å². The van der Waals surface area contributed by atoms with Crippen LogP contribution in [0.1, 0.15) is 18.1 Å². The summed E-state index contributed by atoms with van der Waals surface area (Å²) in [4.78, 5) is 11.0. The van der Waals surface area contributed by atoms with Gasteiger partial charge in [-0.3, -0.25) is 0 Å². The average Bonchev–Trinajstić information content (AvgIpc) is 2.46. The molecule has 0 heterocycles. The third kappa shape index (κ3) is 4.80. The highest BCUT2D eigenvalue weighted by Gasteiger charge is 1.97. The van der Waals surface area contributed by atoms with Crippen molar-refractivity contribution in [2.24, 2.45) is 0 Å². The van der Waals surface area contributed by atoms with E-state index in [0.717, 1.165) is 16.7 Å². The van der Waals surface area contributed by atoms with Gasteiger partial charge < -0.3 is 4.74 Å². The van der Waals surface area contributed by atoms with Crippen LogP contribution in [0.3, 0.4) is 0 Å². The molecule has 2 heteroatoms. The van der Waals surface area contributed by atoms with E-state index in [2.05, 4.69) is 11.3 Å². The maximum Gasteiger partial charge on any atom is 0.330 e. The molecular weight excluding hydrogens is 236 g/mol. The molecule has 0 bridgehead atoms. The number of carbonyl (C=O) groups is 1. The highest BCUT2D eigenvalue weighted by Crippen LogP contribution is 2.17. The van der Waals surface area contributed by atoms with E-state index >= 15 is 0 Å². The predicted molar refractivity (Wildman–Crippen MR) is 80.5 cm³/mol. The van der Waals surface area contributed by atoms with E-state index in [4.69, 9.17) is 0 Å². The minimum absolute atomic E-state index is 0.355. The second-order valence-corrected chi connectivity index (χ2v) is 3.82. The summed E-state index contributed by atoms with van der Waals surface area (Å²) in [7, 11) is 1.36. The number of allylic oxidation sites excluding steroid dienone is 5.